The van der Waals surface area contributed by atoms with Gasteiger partial charge in [0, 0.05) is 34.4 Å². The van der Waals surface area contributed by atoms with Crippen molar-refractivity contribution in [2.45, 2.75) is 25.8 Å². The van der Waals surface area contributed by atoms with Gasteiger partial charge < -0.3 is 20.4 Å². The second-order valence-corrected chi connectivity index (χ2v) is 9.48. The van der Waals surface area contributed by atoms with Crippen molar-refractivity contribution >= 4 is 34.1 Å². The first-order chi connectivity index (χ1) is 16.5. The predicted octanol–water partition coefficient (Wildman–Crippen LogP) is 4.94. The third-order valence-corrected chi connectivity index (χ3v) is 6.94. The number of hydrogen-bond donors (Lipinski definition) is 3. The summed E-state index contributed by atoms with van der Waals surface area (Å²) in [6.07, 6.45) is 2.02. The van der Waals surface area contributed by atoms with E-state index in [-0.39, 0.29) is 23.7 Å². The first-order valence-electron chi connectivity index (χ1n) is 11.3. The van der Waals surface area contributed by atoms with Crippen molar-refractivity contribution in [1.29, 1.82) is 0 Å². The Bertz CT molecular complexity index is 1260. The zero-order valence-electron chi connectivity index (χ0n) is 19.5. The average molecular weight is 476 g/mol. The minimum Gasteiger partial charge on any atom is -0.496 e. The van der Waals surface area contributed by atoms with Crippen LogP contribution in [0.4, 0.5) is 0 Å². The van der Waals surface area contributed by atoms with Crippen LogP contribution in [0.25, 0.3) is 10.9 Å². The number of carbonyl (C=O) groups is 2. The van der Waals surface area contributed by atoms with Gasteiger partial charge in [-0.1, -0.05) is 50.2 Å². The highest BCUT2D eigenvalue weighted by Gasteiger charge is 2.27. The molecule has 2 amide bonds. The fourth-order valence-electron chi connectivity index (χ4n) is 4.13. The standard InChI is InChI=1S/C27H29N3O3S/c1-17(2)25(30-26(31)19-10-5-7-12-23(19)33-3)27(32)29-16-21(24-13-8-14-34-24)20-15-28-22-11-6-4-9-18(20)22/h4-15,17,21,25,28H,16H2,1-3H3,(H,29,32)(H,30,31). The molecule has 176 valence electrons. The Kier molecular flexibility index (Phi) is 7.33. The molecule has 0 radical (unpaired) electrons. The smallest absolute Gasteiger partial charge is 0.255 e. The molecular formula is C27H29N3O3S. The second kappa shape index (κ2) is 10.6. The first-order valence-corrected chi connectivity index (χ1v) is 12.2. The van der Waals surface area contributed by atoms with Crippen molar-refractivity contribution in [2.75, 3.05) is 13.7 Å². The van der Waals surface area contributed by atoms with Gasteiger partial charge in [-0.05, 0) is 41.1 Å². The highest BCUT2D eigenvalue weighted by atomic mass is 32.1. The number of fused-ring (bicyclic) bond motifs is 1. The lowest BCUT2D eigenvalue weighted by Gasteiger charge is -2.24. The zero-order chi connectivity index (χ0) is 24.1. The van der Waals surface area contributed by atoms with Gasteiger partial charge in [0.1, 0.15) is 11.8 Å². The summed E-state index contributed by atoms with van der Waals surface area (Å²) in [5.74, 6) is -0.165. The van der Waals surface area contributed by atoms with Crippen molar-refractivity contribution in [3.05, 3.63) is 88.2 Å². The molecule has 7 heteroatoms. The van der Waals surface area contributed by atoms with Crippen LogP contribution in [-0.2, 0) is 4.79 Å². The molecule has 0 saturated carbocycles. The molecule has 0 fully saturated rings. The molecule has 34 heavy (non-hydrogen) atoms. The largest absolute Gasteiger partial charge is 0.496 e. The van der Waals surface area contributed by atoms with Gasteiger partial charge in [-0.15, -0.1) is 11.3 Å². The minimum atomic E-state index is -0.677. The SMILES string of the molecule is COc1ccccc1C(=O)NC(C(=O)NCC(c1cccs1)c1c[nH]c2ccccc12)C(C)C. The van der Waals surface area contributed by atoms with E-state index in [2.05, 4.69) is 27.8 Å². The lowest BCUT2D eigenvalue weighted by Crippen LogP contribution is -2.50. The van der Waals surface area contributed by atoms with E-state index in [1.165, 1.54) is 12.0 Å². The number of amides is 2. The number of aromatic nitrogens is 1. The van der Waals surface area contributed by atoms with Gasteiger partial charge in [-0.25, -0.2) is 0 Å². The molecule has 2 aromatic heterocycles. The van der Waals surface area contributed by atoms with Gasteiger partial charge >= 0.3 is 0 Å². The van der Waals surface area contributed by atoms with Gasteiger partial charge in [-0.3, -0.25) is 9.59 Å². The molecule has 0 aliphatic heterocycles. The van der Waals surface area contributed by atoms with Gasteiger partial charge in [0.15, 0.2) is 0 Å². The van der Waals surface area contributed by atoms with Crippen LogP contribution in [0, 0.1) is 5.92 Å². The van der Waals surface area contributed by atoms with E-state index in [0.29, 0.717) is 17.9 Å². The summed E-state index contributed by atoms with van der Waals surface area (Å²) >= 11 is 1.67. The molecule has 6 nitrogen and oxygen atoms in total. The maximum atomic E-state index is 13.3. The van der Waals surface area contributed by atoms with Crippen molar-refractivity contribution in [3.63, 3.8) is 0 Å². The number of nitrogens with one attached hydrogen (secondary N) is 3. The van der Waals surface area contributed by atoms with Gasteiger partial charge in [0.2, 0.25) is 5.91 Å². The highest BCUT2D eigenvalue weighted by Crippen LogP contribution is 2.32. The third kappa shape index (κ3) is 4.99. The second-order valence-electron chi connectivity index (χ2n) is 8.50. The number of thiophene rings is 1. The van der Waals surface area contributed by atoms with Crippen LogP contribution < -0.4 is 15.4 Å². The molecule has 0 saturated heterocycles. The summed E-state index contributed by atoms with van der Waals surface area (Å²) in [4.78, 5) is 30.7. The molecule has 4 rings (SSSR count). The van der Waals surface area contributed by atoms with Gasteiger partial charge in [0.05, 0.1) is 12.7 Å². The third-order valence-electron chi connectivity index (χ3n) is 5.95. The Hall–Kier alpha value is -3.58. The van der Waals surface area contributed by atoms with Crippen molar-refractivity contribution in [1.82, 2.24) is 15.6 Å². The van der Waals surface area contributed by atoms with E-state index >= 15 is 0 Å². The van der Waals surface area contributed by atoms with Crippen LogP contribution in [0.5, 0.6) is 5.75 Å². The summed E-state index contributed by atoms with van der Waals surface area (Å²) in [6, 6.07) is 18.6. The number of methoxy groups -OCH3 is 1. The number of benzene rings is 2. The number of rotatable bonds is 9. The molecule has 0 aliphatic carbocycles. The number of para-hydroxylation sites is 2. The maximum absolute atomic E-state index is 13.3. The van der Waals surface area contributed by atoms with Crippen LogP contribution in [0.3, 0.4) is 0 Å². The Labute approximate surface area is 203 Å². The Morgan fingerprint density at radius 3 is 2.53 bits per heavy atom. The predicted molar refractivity (Wildman–Crippen MR) is 137 cm³/mol. The van der Waals surface area contributed by atoms with E-state index in [1.807, 2.05) is 49.7 Å². The average Bonchev–Trinajstić information content (AvgIpc) is 3.53. The lowest BCUT2D eigenvalue weighted by atomic mass is 9.96. The molecule has 4 aromatic rings. The molecule has 2 unspecified atom stereocenters. The van der Waals surface area contributed by atoms with E-state index in [4.69, 9.17) is 4.74 Å². The molecule has 3 N–H and O–H groups in total. The molecule has 2 heterocycles. The number of H-pyrrole nitrogens is 1. The van der Waals surface area contributed by atoms with Crippen molar-refractivity contribution in [2.24, 2.45) is 5.92 Å². The Balaban J connectivity index is 1.52. The molecular weight excluding hydrogens is 446 g/mol. The topological polar surface area (TPSA) is 83.2 Å². The van der Waals surface area contributed by atoms with E-state index in [1.54, 1.807) is 35.6 Å². The normalized spacial score (nSPS) is 12.9. The minimum absolute atomic E-state index is 0.00201. The fourth-order valence-corrected chi connectivity index (χ4v) is 4.98. The van der Waals surface area contributed by atoms with Crippen LogP contribution in [0.2, 0.25) is 0 Å². The molecule has 0 spiro atoms. The Morgan fingerprint density at radius 1 is 1.03 bits per heavy atom. The summed E-state index contributed by atoms with van der Waals surface area (Å²) < 4.78 is 5.30. The van der Waals surface area contributed by atoms with Crippen LogP contribution in [0.1, 0.15) is 40.6 Å². The first kappa shape index (κ1) is 23.6. The summed E-state index contributed by atoms with van der Waals surface area (Å²) in [7, 11) is 1.52. The van der Waals surface area contributed by atoms with Gasteiger partial charge in [-0.2, -0.15) is 0 Å². The molecule has 2 aromatic carbocycles. The lowest BCUT2D eigenvalue weighted by molar-refractivity contribution is -0.123. The summed E-state index contributed by atoms with van der Waals surface area (Å²) in [5, 5.41) is 9.18. The molecule has 2 atom stereocenters. The monoisotopic (exact) mass is 475 g/mol. The maximum Gasteiger partial charge on any atom is 0.255 e. The zero-order valence-corrected chi connectivity index (χ0v) is 20.3. The molecule has 0 aliphatic rings. The van der Waals surface area contributed by atoms with E-state index < -0.39 is 6.04 Å². The van der Waals surface area contributed by atoms with E-state index in [9.17, 15) is 9.59 Å². The van der Waals surface area contributed by atoms with Crippen molar-refractivity contribution in [3.8, 4) is 5.75 Å². The van der Waals surface area contributed by atoms with Crippen LogP contribution in [-0.4, -0.2) is 36.5 Å². The molecule has 0 bridgehead atoms. The number of carbonyl (C=O) groups excluding carboxylic acids is 2. The van der Waals surface area contributed by atoms with Gasteiger partial charge in [0.25, 0.3) is 5.91 Å². The number of aromatic amines is 1. The van der Waals surface area contributed by atoms with Crippen LogP contribution >= 0.6 is 11.3 Å². The number of ether oxygens (including phenoxy) is 1. The number of hydrogen-bond acceptors (Lipinski definition) is 4. The van der Waals surface area contributed by atoms with E-state index in [0.717, 1.165) is 16.5 Å². The van der Waals surface area contributed by atoms with Crippen molar-refractivity contribution < 1.29 is 14.3 Å². The highest BCUT2D eigenvalue weighted by molar-refractivity contribution is 7.10. The Morgan fingerprint density at radius 2 is 1.79 bits per heavy atom. The summed E-state index contributed by atoms with van der Waals surface area (Å²) in [5.41, 5.74) is 2.60. The fraction of sp³-hybridized carbons (Fsp3) is 0.259. The quantitative estimate of drug-likeness (QED) is 0.321. The van der Waals surface area contributed by atoms with Crippen LogP contribution in [0.15, 0.2) is 72.2 Å². The summed E-state index contributed by atoms with van der Waals surface area (Å²) in [6.45, 7) is 4.27.